The number of hydrogen-bond acceptors (Lipinski definition) is 3. The second-order valence-corrected chi connectivity index (χ2v) is 9.92. The second-order valence-electron chi connectivity index (χ2n) is 9.92. The highest BCUT2D eigenvalue weighted by molar-refractivity contribution is 5.67. The van der Waals surface area contributed by atoms with Gasteiger partial charge in [0.2, 0.25) is 17.5 Å². The maximum Gasteiger partial charge on any atom is 0.201 e. The van der Waals surface area contributed by atoms with E-state index in [1.165, 1.54) is 12.1 Å². The standard InChI is InChI=1S/C31H32F6O3/c1-3-5-16-39-24-13-10-20(26(32)30(24)36)19-8-6-18(7-9-19)17-40-25-15-12-22(28(34)31(25)37)21-11-14-23(38-4-2)29(35)27(21)33/h10-15,18-19H,3-9,16-17H2,1-2H3. The molecule has 1 saturated carbocycles. The Labute approximate surface area is 230 Å². The zero-order chi connectivity index (χ0) is 28.8. The Hall–Kier alpha value is -3.36. The van der Waals surface area contributed by atoms with Gasteiger partial charge >= 0.3 is 0 Å². The fraction of sp³-hybridized carbons (Fsp3) is 0.419. The molecule has 3 aromatic carbocycles. The molecule has 3 nitrogen and oxygen atoms in total. The first-order valence-electron chi connectivity index (χ1n) is 13.6. The van der Waals surface area contributed by atoms with E-state index in [9.17, 15) is 26.3 Å². The van der Waals surface area contributed by atoms with E-state index in [4.69, 9.17) is 14.2 Å². The third kappa shape index (κ3) is 6.34. The Morgan fingerprint density at radius 2 is 1.12 bits per heavy atom. The van der Waals surface area contributed by atoms with Crippen LogP contribution in [0.4, 0.5) is 26.3 Å². The molecule has 0 atom stereocenters. The lowest BCUT2D eigenvalue weighted by Crippen LogP contribution is -2.20. The summed E-state index contributed by atoms with van der Waals surface area (Å²) in [5.74, 6) is -8.09. The Morgan fingerprint density at radius 1 is 0.600 bits per heavy atom. The van der Waals surface area contributed by atoms with Crippen molar-refractivity contribution in [2.24, 2.45) is 5.92 Å². The van der Waals surface area contributed by atoms with E-state index < -0.39 is 46.0 Å². The predicted molar refractivity (Wildman–Crippen MR) is 140 cm³/mol. The monoisotopic (exact) mass is 566 g/mol. The van der Waals surface area contributed by atoms with Gasteiger partial charge in [-0.05, 0) is 86.8 Å². The average molecular weight is 567 g/mol. The maximum atomic E-state index is 14.8. The fourth-order valence-electron chi connectivity index (χ4n) is 5.01. The summed E-state index contributed by atoms with van der Waals surface area (Å²) < 4.78 is 104. The third-order valence-corrected chi connectivity index (χ3v) is 7.28. The molecular formula is C31H32F6O3. The summed E-state index contributed by atoms with van der Waals surface area (Å²) in [7, 11) is 0. The molecule has 40 heavy (non-hydrogen) atoms. The van der Waals surface area contributed by atoms with Gasteiger partial charge in [0.25, 0.3) is 0 Å². The molecule has 9 heteroatoms. The summed E-state index contributed by atoms with van der Waals surface area (Å²) in [4.78, 5) is 0. The van der Waals surface area contributed by atoms with Crippen molar-refractivity contribution in [2.45, 2.75) is 58.3 Å². The Kier molecular flexibility index (Phi) is 9.87. The van der Waals surface area contributed by atoms with Crippen LogP contribution in [0.3, 0.4) is 0 Å². The van der Waals surface area contributed by atoms with Crippen LogP contribution in [0.15, 0.2) is 36.4 Å². The number of unbranched alkanes of at least 4 members (excludes halogenated alkanes) is 1. The average Bonchev–Trinajstić information content (AvgIpc) is 2.95. The molecule has 0 unspecified atom stereocenters. The molecule has 0 radical (unpaired) electrons. The van der Waals surface area contributed by atoms with E-state index in [0.29, 0.717) is 37.9 Å². The first-order chi connectivity index (χ1) is 19.3. The summed E-state index contributed by atoms with van der Waals surface area (Å²) in [6.45, 7) is 4.11. The van der Waals surface area contributed by atoms with E-state index in [1.807, 2.05) is 6.92 Å². The van der Waals surface area contributed by atoms with Crippen LogP contribution in [0.1, 0.15) is 63.9 Å². The topological polar surface area (TPSA) is 27.7 Å². The number of halogens is 6. The van der Waals surface area contributed by atoms with Gasteiger partial charge in [0, 0.05) is 11.1 Å². The summed E-state index contributed by atoms with van der Waals surface area (Å²) in [5, 5.41) is 0. The number of ether oxygens (including phenoxy) is 3. The summed E-state index contributed by atoms with van der Waals surface area (Å²) in [6, 6.07) is 7.63. The summed E-state index contributed by atoms with van der Waals surface area (Å²) >= 11 is 0. The van der Waals surface area contributed by atoms with Gasteiger partial charge in [-0.3, -0.25) is 0 Å². The minimum atomic E-state index is -1.36. The molecule has 3 aromatic rings. The normalized spacial score (nSPS) is 17.1. The van der Waals surface area contributed by atoms with Crippen molar-refractivity contribution >= 4 is 0 Å². The van der Waals surface area contributed by atoms with Crippen LogP contribution in [-0.4, -0.2) is 19.8 Å². The molecule has 0 bridgehead atoms. The van der Waals surface area contributed by atoms with Crippen LogP contribution >= 0.6 is 0 Å². The Bertz CT molecular complexity index is 1320. The molecule has 0 saturated heterocycles. The van der Waals surface area contributed by atoms with E-state index in [1.54, 1.807) is 13.0 Å². The zero-order valence-electron chi connectivity index (χ0n) is 22.5. The highest BCUT2D eigenvalue weighted by Crippen LogP contribution is 2.40. The Balaban J connectivity index is 1.37. The van der Waals surface area contributed by atoms with E-state index in [2.05, 4.69) is 0 Å². The van der Waals surface area contributed by atoms with Crippen molar-refractivity contribution < 1.29 is 40.6 Å². The molecule has 1 fully saturated rings. The molecule has 0 heterocycles. The van der Waals surface area contributed by atoms with Crippen LogP contribution < -0.4 is 14.2 Å². The molecule has 0 spiro atoms. The van der Waals surface area contributed by atoms with Gasteiger partial charge in [-0.15, -0.1) is 0 Å². The number of hydrogen-bond donors (Lipinski definition) is 0. The number of benzene rings is 3. The molecule has 0 N–H and O–H groups in total. The zero-order valence-corrected chi connectivity index (χ0v) is 22.5. The highest BCUT2D eigenvalue weighted by Gasteiger charge is 2.28. The molecule has 1 aliphatic rings. The highest BCUT2D eigenvalue weighted by atomic mass is 19.2. The van der Waals surface area contributed by atoms with Crippen molar-refractivity contribution in [1.29, 1.82) is 0 Å². The van der Waals surface area contributed by atoms with E-state index in [-0.39, 0.29) is 42.3 Å². The minimum absolute atomic E-state index is 0.000552. The van der Waals surface area contributed by atoms with Gasteiger partial charge in [-0.25, -0.2) is 13.2 Å². The van der Waals surface area contributed by atoms with E-state index in [0.717, 1.165) is 31.0 Å². The molecular weight excluding hydrogens is 534 g/mol. The van der Waals surface area contributed by atoms with Crippen LogP contribution in [0, 0.1) is 40.8 Å². The molecule has 216 valence electrons. The first kappa shape index (κ1) is 29.6. The third-order valence-electron chi connectivity index (χ3n) is 7.28. The predicted octanol–water partition coefficient (Wildman–Crippen LogP) is 9.12. The lowest BCUT2D eigenvalue weighted by Gasteiger charge is -2.29. The van der Waals surface area contributed by atoms with Crippen molar-refractivity contribution in [1.82, 2.24) is 0 Å². The van der Waals surface area contributed by atoms with Gasteiger partial charge in [-0.2, -0.15) is 13.2 Å². The Morgan fingerprint density at radius 3 is 1.70 bits per heavy atom. The summed E-state index contributed by atoms with van der Waals surface area (Å²) in [6.07, 6.45) is 4.04. The van der Waals surface area contributed by atoms with Gasteiger partial charge < -0.3 is 14.2 Å². The lowest BCUT2D eigenvalue weighted by molar-refractivity contribution is 0.191. The molecule has 1 aliphatic carbocycles. The molecule has 0 aromatic heterocycles. The van der Waals surface area contributed by atoms with Crippen molar-refractivity contribution in [3.63, 3.8) is 0 Å². The number of rotatable bonds is 11. The van der Waals surface area contributed by atoms with Gasteiger partial charge in [0.15, 0.2) is 34.7 Å². The smallest absolute Gasteiger partial charge is 0.201 e. The van der Waals surface area contributed by atoms with Crippen LogP contribution in [0.2, 0.25) is 0 Å². The van der Waals surface area contributed by atoms with E-state index >= 15 is 0 Å². The second kappa shape index (κ2) is 13.3. The fourth-order valence-corrected chi connectivity index (χ4v) is 5.01. The van der Waals surface area contributed by atoms with Crippen molar-refractivity contribution in [3.05, 3.63) is 76.9 Å². The van der Waals surface area contributed by atoms with Crippen LogP contribution in [0.25, 0.3) is 11.1 Å². The molecule has 0 aliphatic heterocycles. The van der Waals surface area contributed by atoms with Gasteiger partial charge in [0.05, 0.1) is 19.8 Å². The quantitative estimate of drug-likeness (QED) is 0.171. The lowest BCUT2D eigenvalue weighted by atomic mass is 9.79. The van der Waals surface area contributed by atoms with Crippen LogP contribution in [-0.2, 0) is 0 Å². The first-order valence-corrected chi connectivity index (χ1v) is 13.6. The SMILES string of the molecule is CCCCOc1ccc(C2CCC(COc3ccc(-c4ccc(OCC)c(F)c4F)c(F)c3F)CC2)c(F)c1F. The van der Waals surface area contributed by atoms with Gasteiger partial charge in [0.1, 0.15) is 0 Å². The largest absolute Gasteiger partial charge is 0.491 e. The van der Waals surface area contributed by atoms with Gasteiger partial charge in [-0.1, -0.05) is 19.4 Å². The van der Waals surface area contributed by atoms with Crippen LogP contribution in [0.5, 0.6) is 17.2 Å². The maximum absolute atomic E-state index is 14.8. The minimum Gasteiger partial charge on any atom is -0.491 e. The molecule has 4 rings (SSSR count). The molecule has 0 amide bonds. The van der Waals surface area contributed by atoms with Crippen molar-refractivity contribution in [3.8, 4) is 28.4 Å². The summed E-state index contributed by atoms with van der Waals surface area (Å²) in [5.41, 5.74) is -0.575. The van der Waals surface area contributed by atoms with Crippen molar-refractivity contribution in [2.75, 3.05) is 19.8 Å².